The summed E-state index contributed by atoms with van der Waals surface area (Å²) in [6, 6.07) is 16.6. The van der Waals surface area contributed by atoms with Crippen molar-refractivity contribution in [2.75, 3.05) is 19.0 Å². The molecule has 2 rings (SSSR count). The van der Waals surface area contributed by atoms with Gasteiger partial charge in [0.15, 0.2) is 0 Å². The van der Waals surface area contributed by atoms with E-state index in [0.29, 0.717) is 6.61 Å². The van der Waals surface area contributed by atoms with E-state index in [9.17, 15) is 0 Å². The van der Waals surface area contributed by atoms with E-state index in [2.05, 4.69) is 36.5 Å². The van der Waals surface area contributed by atoms with Crippen molar-refractivity contribution in [1.29, 1.82) is 0 Å². The van der Waals surface area contributed by atoms with Crippen molar-refractivity contribution >= 4 is 5.69 Å². The third-order valence-electron chi connectivity index (χ3n) is 3.43. The number of ether oxygens (including phenoxy) is 2. The minimum Gasteiger partial charge on any atom is -0.497 e. The SMILES string of the molecule is CCOc1ccc(NC(CC)c2ccc(OC)cc2)cc1. The van der Waals surface area contributed by atoms with Gasteiger partial charge in [-0.3, -0.25) is 0 Å². The molecule has 0 saturated carbocycles. The van der Waals surface area contributed by atoms with Crippen LogP contribution in [0, 0.1) is 0 Å². The van der Waals surface area contributed by atoms with Crippen LogP contribution < -0.4 is 14.8 Å². The Morgan fingerprint density at radius 1 is 0.905 bits per heavy atom. The van der Waals surface area contributed by atoms with Crippen LogP contribution in [0.5, 0.6) is 11.5 Å². The Hall–Kier alpha value is -2.16. The summed E-state index contributed by atoms with van der Waals surface area (Å²) in [5, 5.41) is 3.56. The highest BCUT2D eigenvalue weighted by Crippen LogP contribution is 2.25. The van der Waals surface area contributed by atoms with Crippen LogP contribution in [-0.4, -0.2) is 13.7 Å². The molecule has 1 atom stereocenters. The molecule has 0 fully saturated rings. The lowest BCUT2D eigenvalue weighted by molar-refractivity contribution is 0.340. The molecular formula is C18H23NO2. The Bertz CT molecular complexity index is 534. The third-order valence-corrected chi connectivity index (χ3v) is 3.43. The van der Waals surface area contributed by atoms with Crippen LogP contribution in [0.1, 0.15) is 31.9 Å². The highest BCUT2D eigenvalue weighted by Gasteiger charge is 2.09. The van der Waals surface area contributed by atoms with Gasteiger partial charge in [0.2, 0.25) is 0 Å². The number of hydrogen-bond acceptors (Lipinski definition) is 3. The molecule has 2 aromatic carbocycles. The van der Waals surface area contributed by atoms with E-state index in [1.807, 2.05) is 31.2 Å². The second kappa shape index (κ2) is 7.58. The van der Waals surface area contributed by atoms with Gasteiger partial charge >= 0.3 is 0 Å². The number of hydrogen-bond donors (Lipinski definition) is 1. The van der Waals surface area contributed by atoms with Crippen molar-refractivity contribution in [3.8, 4) is 11.5 Å². The Balaban J connectivity index is 2.06. The van der Waals surface area contributed by atoms with Crippen molar-refractivity contribution in [2.45, 2.75) is 26.3 Å². The Labute approximate surface area is 126 Å². The molecule has 0 amide bonds. The molecule has 0 bridgehead atoms. The second-order valence-corrected chi connectivity index (χ2v) is 4.84. The summed E-state index contributed by atoms with van der Waals surface area (Å²) < 4.78 is 10.7. The molecule has 3 heteroatoms. The summed E-state index contributed by atoms with van der Waals surface area (Å²) in [6.07, 6.45) is 1.01. The topological polar surface area (TPSA) is 30.5 Å². The normalized spacial score (nSPS) is 11.8. The minimum absolute atomic E-state index is 0.286. The summed E-state index contributed by atoms with van der Waals surface area (Å²) in [4.78, 5) is 0. The first-order chi connectivity index (χ1) is 10.3. The lowest BCUT2D eigenvalue weighted by atomic mass is 10.0. The van der Waals surface area contributed by atoms with E-state index in [-0.39, 0.29) is 6.04 Å². The first-order valence-corrected chi connectivity index (χ1v) is 7.40. The quantitative estimate of drug-likeness (QED) is 0.802. The van der Waals surface area contributed by atoms with E-state index in [1.165, 1.54) is 5.56 Å². The molecule has 0 saturated heterocycles. The van der Waals surface area contributed by atoms with Gasteiger partial charge < -0.3 is 14.8 Å². The number of nitrogens with one attached hydrogen (secondary N) is 1. The van der Waals surface area contributed by atoms with Crippen molar-refractivity contribution < 1.29 is 9.47 Å². The number of methoxy groups -OCH3 is 1. The standard InChI is InChI=1S/C18H23NO2/c1-4-18(14-6-10-16(20-3)11-7-14)19-15-8-12-17(13-9-15)21-5-2/h6-13,18-19H,4-5H2,1-3H3. The van der Waals surface area contributed by atoms with Gasteiger partial charge in [0.25, 0.3) is 0 Å². The van der Waals surface area contributed by atoms with Crippen LogP contribution in [0.25, 0.3) is 0 Å². The highest BCUT2D eigenvalue weighted by atomic mass is 16.5. The maximum atomic E-state index is 5.46. The Morgan fingerprint density at radius 2 is 1.52 bits per heavy atom. The van der Waals surface area contributed by atoms with Crippen LogP contribution in [0.3, 0.4) is 0 Å². The molecule has 1 unspecified atom stereocenters. The molecule has 0 aliphatic heterocycles. The molecule has 3 nitrogen and oxygen atoms in total. The summed E-state index contributed by atoms with van der Waals surface area (Å²) in [7, 11) is 1.69. The van der Waals surface area contributed by atoms with Crippen LogP contribution in [-0.2, 0) is 0 Å². The molecule has 112 valence electrons. The lowest BCUT2D eigenvalue weighted by Gasteiger charge is -2.19. The van der Waals surface area contributed by atoms with E-state index in [1.54, 1.807) is 7.11 Å². The van der Waals surface area contributed by atoms with E-state index in [4.69, 9.17) is 9.47 Å². The van der Waals surface area contributed by atoms with Crippen molar-refractivity contribution in [2.24, 2.45) is 0 Å². The summed E-state index contributed by atoms with van der Waals surface area (Å²) in [5.41, 5.74) is 2.35. The first-order valence-electron chi connectivity index (χ1n) is 7.40. The van der Waals surface area contributed by atoms with Crippen LogP contribution >= 0.6 is 0 Å². The number of benzene rings is 2. The lowest BCUT2D eigenvalue weighted by Crippen LogP contribution is -2.09. The van der Waals surface area contributed by atoms with Gasteiger partial charge in [-0.25, -0.2) is 0 Å². The molecule has 0 aliphatic carbocycles. The molecule has 0 spiro atoms. The maximum Gasteiger partial charge on any atom is 0.119 e. The second-order valence-electron chi connectivity index (χ2n) is 4.84. The number of rotatable bonds is 7. The average Bonchev–Trinajstić information content (AvgIpc) is 2.54. The third kappa shape index (κ3) is 4.15. The monoisotopic (exact) mass is 285 g/mol. The van der Waals surface area contributed by atoms with Crippen LogP contribution in [0.15, 0.2) is 48.5 Å². The predicted molar refractivity (Wildman–Crippen MR) is 87.3 cm³/mol. The van der Waals surface area contributed by atoms with Crippen LogP contribution in [0.2, 0.25) is 0 Å². The van der Waals surface area contributed by atoms with Crippen molar-refractivity contribution in [1.82, 2.24) is 0 Å². The van der Waals surface area contributed by atoms with Gasteiger partial charge in [-0.1, -0.05) is 19.1 Å². The summed E-state index contributed by atoms with van der Waals surface area (Å²) in [6.45, 7) is 4.86. The van der Waals surface area contributed by atoms with Crippen molar-refractivity contribution in [3.63, 3.8) is 0 Å². The fraction of sp³-hybridized carbons (Fsp3) is 0.333. The molecule has 21 heavy (non-hydrogen) atoms. The zero-order valence-corrected chi connectivity index (χ0v) is 12.9. The highest BCUT2D eigenvalue weighted by molar-refractivity contribution is 5.48. The van der Waals surface area contributed by atoms with Gasteiger partial charge in [0.1, 0.15) is 11.5 Å². The molecule has 0 aromatic heterocycles. The first kappa shape index (κ1) is 15.2. The fourth-order valence-corrected chi connectivity index (χ4v) is 2.27. The van der Waals surface area contributed by atoms with E-state index < -0.39 is 0 Å². The van der Waals surface area contributed by atoms with Crippen LogP contribution in [0.4, 0.5) is 5.69 Å². The van der Waals surface area contributed by atoms with Gasteiger partial charge in [0.05, 0.1) is 19.8 Å². The zero-order valence-electron chi connectivity index (χ0n) is 12.9. The Morgan fingerprint density at radius 3 is 2.05 bits per heavy atom. The molecule has 1 N–H and O–H groups in total. The molecule has 2 aromatic rings. The van der Waals surface area contributed by atoms with Gasteiger partial charge in [-0.05, 0) is 55.3 Å². The molecule has 0 aliphatic rings. The minimum atomic E-state index is 0.286. The largest absolute Gasteiger partial charge is 0.497 e. The van der Waals surface area contributed by atoms with E-state index >= 15 is 0 Å². The molecule has 0 heterocycles. The van der Waals surface area contributed by atoms with Gasteiger partial charge in [-0.15, -0.1) is 0 Å². The van der Waals surface area contributed by atoms with E-state index in [0.717, 1.165) is 23.6 Å². The van der Waals surface area contributed by atoms with Crippen molar-refractivity contribution in [3.05, 3.63) is 54.1 Å². The average molecular weight is 285 g/mol. The van der Waals surface area contributed by atoms with Gasteiger partial charge in [-0.2, -0.15) is 0 Å². The summed E-state index contributed by atoms with van der Waals surface area (Å²) in [5.74, 6) is 1.79. The maximum absolute atomic E-state index is 5.46. The smallest absolute Gasteiger partial charge is 0.119 e. The zero-order chi connectivity index (χ0) is 15.1. The Kier molecular flexibility index (Phi) is 5.50. The number of anilines is 1. The molecule has 0 radical (unpaired) electrons. The summed E-state index contributed by atoms with van der Waals surface area (Å²) >= 11 is 0. The predicted octanol–water partition coefficient (Wildman–Crippen LogP) is 4.66. The fourth-order valence-electron chi connectivity index (χ4n) is 2.27. The van der Waals surface area contributed by atoms with Gasteiger partial charge in [0, 0.05) is 5.69 Å². The molecular weight excluding hydrogens is 262 g/mol.